The monoisotopic (exact) mass is 957 g/mol. The Labute approximate surface area is 385 Å². The first-order valence-electron chi connectivity index (χ1n) is 21.6. The number of benzene rings is 2. The van der Waals surface area contributed by atoms with Gasteiger partial charge in [-0.15, -0.1) is 0 Å². The molecule has 0 aromatic heterocycles. The number of aliphatic imine (C=N–C) groups is 1. The van der Waals surface area contributed by atoms with E-state index in [0.717, 1.165) is 30.3 Å². The van der Waals surface area contributed by atoms with Gasteiger partial charge in [-0.05, 0) is 37.8 Å². The molecule has 2 aromatic rings. The number of aliphatic hydroxyl groups excluding tert-OH is 4. The molecule has 67 heavy (non-hydrogen) atoms. The number of carbonyl (C=O) groups is 2. The summed E-state index contributed by atoms with van der Waals surface area (Å²) in [6, 6.07) is 6.46. The predicted octanol–water partition coefficient (Wildman–Crippen LogP) is -0.889. The topological polar surface area (TPSA) is 370 Å². The Kier molecular flexibility index (Phi) is 27.0. The highest BCUT2D eigenvalue weighted by molar-refractivity contribution is 5.95. The van der Waals surface area contributed by atoms with Crippen molar-refractivity contribution in [3.63, 3.8) is 0 Å². The van der Waals surface area contributed by atoms with Gasteiger partial charge in [0.25, 0.3) is 23.2 Å². The third kappa shape index (κ3) is 22.3. The van der Waals surface area contributed by atoms with Gasteiger partial charge in [-0.2, -0.15) is 0 Å². The number of amides is 2. The van der Waals surface area contributed by atoms with Crippen molar-refractivity contribution in [1.29, 1.82) is 0 Å². The van der Waals surface area contributed by atoms with E-state index in [2.05, 4.69) is 20.9 Å². The summed E-state index contributed by atoms with van der Waals surface area (Å²) in [5.41, 5.74) is 4.94. The molecule has 1 fully saturated rings. The molecule has 0 radical (unpaired) electrons. The lowest BCUT2D eigenvalue weighted by molar-refractivity contribution is -0.385. The van der Waals surface area contributed by atoms with E-state index in [-0.39, 0.29) is 34.9 Å². The molecular formula is C41H63N7O19. The summed E-state index contributed by atoms with van der Waals surface area (Å²) < 4.78 is 43.8. The Morgan fingerprint density at radius 2 is 1.07 bits per heavy atom. The number of rotatable bonds is 35. The van der Waals surface area contributed by atoms with Gasteiger partial charge in [0.05, 0.1) is 81.4 Å². The van der Waals surface area contributed by atoms with Gasteiger partial charge in [0.15, 0.2) is 5.96 Å². The molecule has 0 unspecified atom stereocenters. The molecule has 1 heterocycles. The van der Waals surface area contributed by atoms with Gasteiger partial charge in [0.1, 0.15) is 35.9 Å². The number of hydrogen-bond acceptors (Lipinski definition) is 20. The maximum atomic E-state index is 12.7. The van der Waals surface area contributed by atoms with Crippen LogP contribution in [0.1, 0.15) is 46.4 Å². The zero-order chi connectivity index (χ0) is 48.8. The molecule has 0 saturated carbocycles. The van der Waals surface area contributed by atoms with Crippen molar-refractivity contribution >= 4 is 29.1 Å². The first kappa shape index (κ1) is 55.9. The minimum Gasteiger partial charge on any atom is -0.508 e. The number of phenolic OH excluding ortho intramolecular Hbond substituents is 1. The molecule has 1 aliphatic rings. The number of nitro groups is 2. The van der Waals surface area contributed by atoms with Crippen LogP contribution >= 0.6 is 0 Å². The van der Waals surface area contributed by atoms with Crippen molar-refractivity contribution in [2.24, 2.45) is 10.7 Å². The van der Waals surface area contributed by atoms with E-state index < -0.39 is 64.7 Å². The lowest BCUT2D eigenvalue weighted by Crippen LogP contribution is -2.60. The number of aromatic hydroxyl groups is 1. The van der Waals surface area contributed by atoms with Crippen LogP contribution in [0.15, 0.2) is 41.4 Å². The highest BCUT2D eigenvalue weighted by Gasteiger charge is 2.45. The SMILES string of the molecule is NC(=NCCCOCCOCCOCCCNC(=O)c1cc(O)cc([N+](=O)[O-])c1)NCCCOCCOCCOCCCNC(=O)c1cc(O[C@H]2O[C@H](CO)[C@H](O)[C@H](O)[C@H]2O)cc([N+](=O)[O-])c1. The van der Waals surface area contributed by atoms with E-state index in [9.17, 15) is 55.4 Å². The molecule has 26 heteroatoms. The van der Waals surface area contributed by atoms with Gasteiger partial charge >= 0.3 is 0 Å². The second-order valence-corrected chi connectivity index (χ2v) is 14.6. The maximum Gasteiger partial charge on any atom is 0.273 e. The van der Waals surface area contributed by atoms with E-state index >= 15 is 0 Å². The van der Waals surface area contributed by atoms with E-state index in [0.29, 0.717) is 131 Å². The Bertz CT molecular complexity index is 1830. The standard InChI is InChI=1S/C41H63N7O19/c42-41(45-7-3-11-62-15-19-64-17-13-60-9-1-5-43-38(54)28-21-30(47(56)57)25-32(50)23-28)46-8-4-12-63-16-20-65-18-14-61-10-2-6-44-39(55)29-22-31(48(58)59)26-33(24-29)66-40-37(53)36(52)35(51)34(27-49)67-40/h21-26,34-37,40,49-53H,1-20,27H2,(H,43,54)(H,44,55)(H3,42,45,46)/t34-,35+,36+,37-,40+/m1/s1. The van der Waals surface area contributed by atoms with E-state index in [1.807, 2.05) is 0 Å². The third-order valence-corrected chi connectivity index (χ3v) is 9.33. The lowest BCUT2D eigenvalue weighted by atomic mass is 9.99. The number of nitrogens with zero attached hydrogens (tertiary/aromatic N) is 3. The maximum absolute atomic E-state index is 12.7. The molecule has 1 aliphatic heterocycles. The largest absolute Gasteiger partial charge is 0.508 e. The quantitative estimate of drug-likeness (QED) is 0.0133. The molecule has 2 amide bonds. The van der Waals surface area contributed by atoms with Crippen molar-refractivity contribution in [1.82, 2.24) is 16.0 Å². The number of nitrogens with one attached hydrogen (secondary N) is 3. The molecule has 5 atom stereocenters. The number of non-ortho nitro benzene ring substituents is 2. The number of nitro benzene ring substituents is 2. The first-order valence-corrected chi connectivity index (χ1v) is 21.6. The number of aliphatic hydroxyl groups is 4. The molecule has 26 nitrogen and oxygen atoms in total. The molecule has 0 bridgehead atoms. The normalized spacial score (nSPS) is 18.3. The summed E-state index contributed by atoms with van der Waals surface area (Å²) in [5.74, 6) is -1.41. The summed E-state index contributed by atoms with van der Waals surface area (Å²) in [6.07, 6.45) is -5.58. The zero-order valence-electron chi connectivity index (χ0n) is 37.1. The summed E-state index contributed by atoms with van der Waals surface area (Å²) >= 11 is 0. The fourth-order valence-corrected chi connectivity index (χ4v) is 5.87. The van der Waals surface area contributed by atoms with E-state index in [1.54, 1.807) is 0 Å². The summed E-state index contributed by atoms with van der Waals surface area (Å²) in [5, 5.41) is 79.8. The van der Waals surface area contributed by atoms with E-state index in [4.69, 9.17) is 43.6 Å². The summed E-state index contributed by atoms with van der Waals surface area (Å²) in [7, 11) is 0. The number of ether oxygens (including phenoxy) is 8. The van der Waals surface area contributed by atoms with Gasteiger partial charge in [-0.1, -0.05) is 0 Å². The molecule has 1 saturated heterocycles. The minimum absolute atomic E-state index is 0.00302. The number of phenols is 1. The average molecular weight is 958 g/mol. The Morgan fingerprint density at radius 1 is 0.627 bits per heavy atom. The highest BCUT2D eigenvalue weighted by atomic mass is 16.7. The molecule has 3 rings (SSSR count). The first-order chi connectivity index (χ1) is 32.3. The summed E-state index contributed by atoms with van der Waals surface area (Å²) in [6.45, 7) is 5.54. The lowest BCUT2D eigenvalue weighted by Gasteiger charge is -2.39. The zero-order valence-corrected chi connectivity index (χ0v) is 37.1. The predicted molar refractivity (Wildman–Crippen MR) is 235 cm³/mol. The van der Waals surface area contributed by atoms with Crippen LogP contribution in [0, 0.1) is 20.2 Å². The van der Waals surface area contributed by atoms with Gasteiger partial charge in [-0.25, -0.2) is 0 Å². The Hall–Kier alpha value is -5.39. The molecular weight excluding hydrogens is 894 g/mol. The van der Waals surface area contributed by atoms with Crippen LogP contribution in [0.5, 0.6) is 11.5 Å². The second-order valence-electron chi connectivity index (χ2n) is 14.6. The van der Waals surface area contributed by atoms with Gasteiger partial charge in [0, 0.05) is 75.9 Å². The molecule has 0 spiro atoms. The van der Waals surface area contributed by atoms with Crippen LogP contribution in [0.4, 0.5) is 11.4 Å². The minimum atomic E-state index is -1.75. The van der Waals surface area contributed by atoms with Crippen LogP contribution in [-0.2, 0) is 33.2 Å². The van der Waals surface area contributed by atoms with Crippen LogP contribution < -0.4 is 26.4 Å². The Balaban J connectivity index is 1.07. The van der Waals surface area contributed by atoms with Crippen LogP contribution in [0.25, 0.3) is 0 Å². The van der Waals surface area contributed by atoms with Crippen LogP contribution in [0.3, 0.4) is 0 Å². The average Bonchev–Trinajstić information content (AvgIpc) is 3.31. The van der Waals surface area contributed by atoms with Crippen molar-refractivity contribution in [2.75, 3.05) is 112 Å². The molecule has 376 valence electrons. The molecule has 2 aromatic carbocycles. The number of carbonyl (C=O) groups excluding carboxylic acids is 2. The number of guanidine groups is 1. The van der Waals surface area contributed by atoms with Crippen molar-refractivity contribution in [3.05, 3.63) is 67.8 Å². The Morgan fingerprint density at radius 3 is 1.57 bits per heavy atom. The molecule has 0 aliphatic carbocycles. The van der Waals surface area contributed by atoms with Gasteiger partial charge in [0.2, 0.25) is 6.29 Å². The van der Waals surface area contributed by atoms with Crippen molar-refractivity contribution in [2.45, 2.75) is 56.4 Å². The molecule has 10 N–H and O–H groups in total. The number of hydrogen-bond donors (Lipinski definition) is 9. The van der Waals surface area contributed by atoms with E-state index in [1.165, 1.54) is 6.07 Å². The van der Waals surface area contributed by atoms with Crippen molar-refractivity contribution in [3.8, 4) is 11.5 Å². The second kappa shape index (κ2) is 32.3. The van der Waals surface area contributed by atoms with Crippen LogP contribution in [-0.4, -0.2) is 196 Å². The summed E-state index contributed by atoms with van der Waals surface area (Å²) in [4.78, 5) is 50.1. The number of nitrogens with two attached hydrogens (primary N) is 1. The van der Waals surface area contributed by atoms with Crippen LogP contribution in [0.2, 0.25) is 0 Å². The fraction of sp³-hybridized carbons (Fsp3) is 0.634. The third-order valence-electron chi connectivity index (χ3n) is 9.33. The highest BCUT2D eigenvalue weighted by Crippen LogP contribution is 2.28. The van der Waals surface area contributed by atoms with Gasteiger partial charge < -0.3 is 85.1 Å². The fourth-order valence-electron chi connectivity index (χ4n) is 5.87. The smallest absolute Gasteiger partial charge is 0.273 e. The van der Waals surface area contributed by atoms with Crippen molar-refractivity contribution < 1.29 is 82.9 Å². The van der Waals surface area contributed by atoms with Gasteiger partial charge in [-0.3, -0.25) is 34.8 Å².